The van der Waals surface area contributed by atoms with Crippen molar-refractivity contribution in [1.82, 2.24) is 10.6 Å². The molecule has 190 valence electrons. The highest BCUT2D eigenvalue weighted by molar-refractivity contribution is 6.00. The lowest BCUT2D eigenvalue weighted by Crippen LogP contribution is -2.37. The van der Waals surface area contributed by atoms with Crippen LogP contribution in [0, 0.1) is 12.8 Å². The third-order valence-electron chi connectivity index (χ3n) is 5.37. The summed E-state index contributed by atoms with van der Waals surface area (Å²) in [6.45, 7) is 8.26. The Morgan fingerprint density at radius 2 is 1.71 bits per heavy atom. The number of amides is 3. The van der Waals surface area contributed by atoms with Gasteiger partial charge in [0, 0.05) is 29.9 Å². The Bertz CT molecular complexity index is 970. The Balaban J connectivity index is 0.000000258. The number of nitrogens with one attached hydrogen (secondary N) is 4. The van der Waals surface area contributed by atoms with Crippen molar-refractivity contribution >= 4 is 29.8 Å². The third kappa shape index (κ3) is 10.6. The van der Waals surface area contributed by atoms with Gasteiger partial charge >= 0.3 is 12.1 Å². The van der Waals surface area contributed by atoms with Gasteiger partial charge in [-0.1, -0.05) is 30.3 Å². The Morgan fingerprint density at radius 3 is 2.29 bits per heavy atom. The fourth-order valence-electron chi connectivity index (χ4n) is 3.65. The molecule has 35 heavy (non-hydrogen) atoms. The number of urea groups is 1. The van der Waals surface area contributed by atoms with Crippen molar-refractivity contribution in [3.63, 3.8) is 0 Å². The number of hydrogen-bond donors (Lipinski definition) is 4. The van der Waals surface area contributed by atoms with Crippen molar-refractivity contribution in [2.45, 2.75) is 65.1 Å². The Hall–Kier alpha value is -3.39. The van der Waals surface area contributed by atoms with Crippen LogP contribution in [0.2, 0.25) is 0 Å². The first-order valence-corrected chi connectivity index (χ1v) is 11.9. The van der Waals surface area contributed by atoms with Gasteiger partial charge in [-0.3, -0.25) is 0 Å². The molecule has 0 saturated heterocycles. The van der Waals surface area contributed by atoms with E-state index in [-0.39, 0.29) is 24.1 Å². The maximum atomic E-state index is 11.9. The van der Waals surface area contributed by atoms with Crippen LogP contribution in [0.3, 0.4) is 0 Å². The van der Waals surface area contributed by atoms with Gasteiger partial charge in [0.1, 0.15) is 11.9 Å². The summed E-state index contributed by atoms with van der Waals surface area (Å²) in [5.74, 6) is 0.102. The summed E-state index contributed by atoms with van der Waals surface area (Å²) in [5.41, 5.74) is 3.34. The van der Waals surface area contributed by atoms with Crippen LogP contribution in [-0.2, 0) is 16.1 Å². The lowest BCUT2D eigenvalue weighted by molar-refractivity contribution is -0.110. The zero-order valence-corrected chi connectivity index (χ0v) is 21.3. The summed E-state index contributed by atoms with van der Waals surface area (Å²) in [5, 5.41) is 11.5. The minimum Gasteiger partial charge on any atom is -0.444 e. The van der Waals surface area contributed by atoms with E-state index in [9.17, 15) is 14.4 Å². The first kappa shape index (κ1) is 27.9. The predicted molar refractivity (Wildman–Crippen MR) is 140 cm³/mol. The lowest BCUT2D eigenvalue weighted by Gasteiger charge is -2.21. The molecule has 2 aromatic carbocycles. The van der Waals surface area contributed by atoms with Crippen molar-refractivity contribution in [2.75, 3.05) is 17.7 Å². The maximum Gasteiger partial charge on any atom is 0.407 e. The van der Waals surface area contributed by atoms with Crippen molar-refractivity contribution in [3.05, 3.63) is 59.7 Å². The number of aryl methyl sites for hydroxylation is 1. The van der Waals surface area contributed by atoms with Gasteiger partial charge in [0.05, 0.1) is 0 Å². The van der Waals surface area contributed by atoms with Crippen molar-refractivity contribution in [2.24, 2.45) is 5.92 Å². The SMILES string of the molecule is CC(C)(C)OC(=O)NC1CCC(C=O)C1.CNCc1ccc(NC(=O)Nc2ccccc2C)cc1. The summed E-state index contributed by atoms with van der Waals surface area (Å²) in [4.78, 5) is 33.8. The lowest BCUT2D eigenvalue weighted by atomic mass is 10.1. The highest BCUT2D eigenvalue weighted by Gasteiger charge is 2.27. The van der Waals surface area contributed by atoms with Crippen molar-refractivity contribution < 1.29 is 19.1 Å². The minimum absolute atomic E-state index is 0.0926. The molecular formula is C27H38N4O4. The Labute approximate surface area is 208 Å². The molecule has 1 aliphatic rings. The molecule has 2 atom stereocenters. The van der Waals surface area contributed by atoms with E-state index in [2.05, 4.69) is 21.3 Å². The van der Waals surface area contributed by atoms with Gasteiger partial charge in [0.15, 0.2) is 0 Å². The van der Waals surface area contributed by atoms with E-state index in [1.165, 1.54) is 5.56 Å². The number of ether oxygens (including phenoxy) is 1. The van der Waals surface area contributed by atoms with E-state index in [4.69, 9.17) is 4.74 Å². The summed E-state index contributed by atoms with van der Waals surface area (Å²) < 4.78 is 5.13. The highest BCUT2D eigenvalue weighted by atomic mass is 16.6. The molecule has 0 bridgehead atoms. The van der Waals surface area contributed by atoms with Gasteiger partial charge in [-0.15, -0.1) is 0 Å². The van der Waals surface area contributed by atoms with Gasteiger partial charge in [0.25, 0.3) is 0 Å². The normalized spacial score (nSPS) is 16.9. The smallest absolute Gasteiger partial charge is 0.407 e. The first-order valence-electron chi connectivity index (χ1n) is 11.9. The molecule has 0 aliphatic heterocycles. The van der Waals surface area contributed by atoms with Gasteiger partial charge in [-0.2, -0.15) is 0 Å². The number of carbonyl (C=O) groups excluding carboxylic acids is 3. The van der Waals surface area contributed by atoms with E-state index < -0.39 is 5.60 Å². The van der Waals surface area contributed by atoms with E-state index in [1.54, 1.807) is 0 Å². The topological polar surface area (TPSA) is 109 Å². The van der Waals surface area contributed by atoms with Crippen LogP contribution in [0.4, 0.5) is 21.0 Å². The number of anilines is 2. The number of alkyl carbamates (subject to hydrolysis) is 1. The number of benzene rings is 2. The van der Waals surface area contributed by atoms with Gasteiger partial charge in [0.2, 0.25) is 0 Å². The van der Waals surface area contributed by atoms with Crippen LogP contribution in [0.1, 0.15) is 51.2 Å². The fourth-order valence-corrected chi connectivity index (χ4v) is 3.65. The Kier molecular flexibility index (Phi) is 10.7. The van der Waals surface area contributed by atoms with Crippen LogP contribution in [0.5, 0.6) is 0 Å². The van der Waals surface area contributed by atoms with Crippen molar-refractivity contribution in [1.29, 1.82) is 0 Å². The molecule has 3 amide bonds. The second-order valence-corrected chi connectivity index (χ2v) is 9.67. The van der Waals surface area contributed by atoms with Crippen LogP contribution >= 0.6 is 0 Å². The second kappa shape index (κ2) is 13.5. The fraction of sp³-hybridized carbons (Fsp3) is 0.444. The van der Waals surface area contributed by atoms with E-state index in [0.717, 1.165) is 49.0 Å². The zero-order chi connectivity index (χ0) is 25.8. The molecule has 0 spiro atoms. The van der Waals surface area contributed by atoms with E-state index in [1.807, 2.05) is 83.3 Å². The van der Waals surface area contributed by atoms with Crippen LogP contribution < -0.4 is 21.3 Å². The summed E-state index contributed by atoms with van der Waals surface area (Å²) in [7, 11) is 1.90. The van der Waals surface area contributed by atoms with E-state index >= 15 is 0 Å². The van der Waals surface area contributed by atoms with E-state index in [0.29, 0.717) is 0 Å². The molecule has 1 fully saturated rings. The summed E-state index contributed by atoms with van der Waals surface area (Å²) in [6.07, 6.45) is 3.05. The van der Waals surface area contributed by atoms with Gasteiger partial charge < -0.3 is 30.8 Å². The van der Waals surface area contributed by atoms with Gasteiger partial charge in [-0.25, -0.2) is 9.59 Å². The number of hydrogen-bond acceptors (Lipinski definition) is 5. The number of aldehydes is 1. The summed E-state index contributed by atoms with van der Waals surface area (Å²) in [6, 6.07) is 15.3. The predicted octanol–water partition coefficient (Wildman–Crippen LogP) is 5.24. The van der Waals surface area contributed by atoms with Crippen molar-refractivity contribution in [3.8, 4) is 0 Å². The third-order valence-corrected chi connectivity index (χ3v) is 5.37. The highest BCUT2D eigenvalue weighted by Crippen LogP contribution is 2.24. The molecule has 8 heteroatoms. The zero-order valence-electron chi connectivity index (χ0n) is 21.3. The minimum atomic E-state index is -0.466. The van der Waals surface area contributed by atoms with Crippen LogP contribution in [0.15, 0.2) is 48.5 Å². The molecule has 8 nitrogen and oxygen atoms in total. The molecule has 4 N–H and O–H groups in total. The molecule has 2 unspecified atom stereocenters. The Morgan fingerprint density at radius 1 is 1.03 bits per heavy atom. The average Bonchev–Trinajstić information content (AvgIpc) is 3.23. The molecule has 1 saturated carbocycles. The average molecular weight is 483 g/mol. The maximum absolute atomic E-state index is 11.9. The largest absolute Gasteiger partial charge is 0.444 e. The molecule has 0 radical (unpaired) electrons. The molecule has 2 aromatic rings. The first-order chi connectivity index (χ1) is 16.6. The number of carbonyl (C=O) groups is 3. The second-order valence-electron chi connectivity index (χ2n) is 9.67. The van der Waals surface area contributed by atoms with Crippen LogP contribution in [-0.4, -0.2) is 37.1 Å². The molecule has 1 aliphatic carbocycles. The quantitative estimate of drug-likeness (QED) is 0.421. The molecule has 0 heterocycles. The summed E-state index contributed by atoms with van der Waals surface area (Å²) >= 11 is 0. The van der Waals surface area contributed by atoms with Gasteiger partial charge in [-0.05, 0) is 83.3 Å². The van der Waals surface area contributed by atoms with Crippen LogP contribution in [0.25, 0.3) is 0 Å². The standard InChI is InChI=1S/C16H19N3O.C11H19NO3/c1-12-5-3-4-6-15(12)19-16(20)18-14-9-7-13(8-10-14)11-17-2;1-11(2,3)15-10(14)12-9-5-4-8(6-9)7-13/h3-10,17H,11H2,1-2H3,(H2,18,19,20);7-9H,4-6H2,1-3H3,(H,12,14). The number of para-hydroxylation sites is 1. The molecule has 3 rings (SSSR count). The number of rotatable bonds is 6. The molecular weight excluding hydrogens is 444 g/mol. The molecule has 0 aromatic heterocycles. The monoisotopic (exact) mass is 482 g/mol.